The highest BCUT2D eigenvalue weighted by Crippen LogP contribution is 2.16. The molecule has 5 nitrogen and oxygen atoms in total. The van der Waals surface area contributed by atoms with Crippen LogP contribution in [0.2, 0.25) is 0 Å². The molecule has 1 fully saturated rings. The van der Waals surface area contributed by atoms with Crippen molar-refractivity contribution >= 4 is 45.9 Å². The molecule has 1 heterocycles. The van der Waals surface area contributed by atoms with E-state index >= 15 is 0 Å². The van der Waals surface area contributed by atoms with Crippen LogP contribution in [-0.2, 0) is 6.54 Å². The number of nitrogens with one attached hydrogen (secondary N) is 2. The van der Waals surface area contributed by atoms with E-state index in [4.69, 9.17) is 0 Å². The summed E-state index contributed by atoms with van der Waals surface area (Å²) in [6.45, 7) is 13.1. The summed E-state index contributed by atoms with van der Waals surface area (Å²) in [6.07, 6.45) is 2.31. The van der Waals surface area contributed by atoms with Crippen molar-refractivity contribution in [3.8, 4) is 0 Å². The van der Waals surface area contributed by atoms with Crippen LogP contribution < -0.4 is 10.6 Å². The lowest BCUT2D eigenvalue weighted by Gasteiger charge is -2.33. The van der Waals surface area contributed by atoms with E-state index in [9.17, 15) is 0 Å². The monoisotopic (exact) mass is 565 g/mol. The standard InChI is InChI=1S/C21H36BrN5.HI/c1-5-27(6-2)17(3)15-24-21(23-4)25-20-11-13-26(14-12-20)16-18-7-9-19(22)10-8-18;/h7-10,17,20H,5-6,11-16H2,1-4H3,(H2,23,24,25);1H. The third-order valence-electron chi connectivity index (χ3n) is 5.47. The number of likely N-dealkylation sites (N-methyl/N-ethyl adjacent to an activating group) is 1. The van der Waals surface area contributed by atoms with Crippen LogP contribution in [0.1, 0.15) is 39.2 Å². The number of aliphatic imine (C=N–C) groups is 1. The molecule has 1 saturated heterocycles. The van der Waals surface area contributed by atoms with Crippen molar-refractivity contribution < 1.29 is 0 Å². The molecule has 160 valence electrons. The van der Waals surface area contributed by atoms with Gasteiger partial charge in [-0.25, -0.2) is 0 Å². The van der Waals surface area contributed by atoms with Gasteiger partial charge in [0.1, 0.15) is 0 Å². The van der Waals surface area contributed by atoms with E-state index in [1.54, 1.807) is 0 Å². The molecule has 28 heavy (non-hydrogen) atoms. The molecule has 0 amide bonds. The van der Waals surface area contributed by atoms with E-state index in [1.807, 2.05) is 7.05 Å². The first-order valence-corrected chi connectivity index (χ1v) is 11.0. The summed E-state index contributed by atoms with van der Waals surface area (Å²) in [6, 6.07) is 9.67. The van der Waals surface area contributed by atoms with Crippen molar-refractivity contribution in [2.75, 3.05) is 39.8 Å². The average molecular weight is 566 g/mol. The number of piperidine rings is 1. The van der Waals surface area contributed by atoms with Gasteiger partial charge in [-0.05, 0) is 50.6 Å². The van der Waals surface area contributed by atoms with E-state index in [0.29, 0.717) is 12.1 Å². The molecule has 0 bridgehead atoms. The first kappa shape index (κ1) is 25.7. The molecule has 1 aromatic rings. The maximum atomic E-state index is 4.42. The van der Waals surface area contributed by atoms with Crippen molar-refractivity contribution in [3.05, 3.63) is 34.3 Å². The summed E-state index contributed by atoms with van der Waals surface area (Å²) in [5.74, 6) is 0.931. The van der Waals surface area contributed by atoms with Crippen LogP contribution in [0.3, 0.4) is 0 Å². The second-order valence-electron chi connectivity index (χ2n) is 7.34. The smallest absolute Gasteiger partial charge is 0.191 e. The molecule has 0 spiro atoms. The number of likely N-dealkylation sites (tertiary alicyclic amines) is 1. The number of rotatable bonds is 8. The van der Waals surface area contributed by atoms with Crippen molar-refractivity contribution in [2.24, 2.45) is 4.99 Å². The molecule has 1 aromatic carbocycles. The van der Waals surface area contributed by atoms with Crippen LogP contribution in [0, 0.1) is 0 Å². The Kier molecular flexibility index (Phi) is 12.6. The average Bonchev–Trinajstić information content (AvgIpc) is 2.69. The van der Waals surface area contributed by atoms with Gasteiger partial charge in [-0.2, -0.15) is 0 Å². The van der Waals surface area contributed by atoms with Gasteiger partial charge in [0, 0.05) is 49.8 Å². The molecular weight excluding hydrogens is 529 g/mol. The first-order valence-electron chi connectivity index (χ1n) is 10.2. The maximum absolute atomic E-state index is 4.42. The minimum absolute atomic E-state index is 0. The Balaban J connectivity index is 0.00000392. The molecule has 7 heteroatoms. The first-order chi connectivity index (χ1) is 13.0. The Morgan fingerprint density at radius 2 is 1.82 bits per heavy atom. The molecule has 1 aliphatic rings. The number of nitrogens with zero attached hydrogens (tertiary/aromatic N) is 3. The van der Waals surface area contributed by atoms with Gasteiger partial charge < -0.3 is 10.6 Å². The molecule has 1 atom stereocenters. The fourth-order valence-corrected chi connectivity index (χ4v) is 3.96. The number of halogens is 2. The lowest BCUT2D eigenvalue weighted by Crippen LogP contribution is -2.51. The molecule has 1 unspecified atom stereocenters. The summed E-state index contributed by atoms with van der Waals surface area (Å²) in [5, 5.41) is 7.12. The van der Waals surface area contributed by atoms with Gasteiger partial charge in [0.15, 0.2) is 5.96 Å². The topological polar surface area (TPSA) is 42.9 Å². The Morgan fingerprint density at radius 3 is 2.36 bits per heavy atom. The number of hydrogen-bond donors (Lipinski definition) is 2. The number of hydrogen-bond acceptors (Lipinski definition) is 3. The highest BCUT2D eigenvalue weighted by Gasteiger charge is 2.20. The molecule has 0 saturated carbocycles. The van der Waals surface area contributed by atoms with Crippen molar-refractivity contribution in [2.45, 2.75) is 52.2 Å². The van der Waals surface area contributed by atoms with Crippen LogP contribution >= 0.6 is 39.9 Å². The minimum atomic E-state index is 0. The van der Waals surface area contributed by atoms with Gasteiger partial charge in [0.25, 0.3) is 0 Å². The zero-order valence-corrected chi connectivity index (χ0v) is 21.7. The minimum Gasteiger partial charge on any atom is -0.355 e. The fraction of sp³-hybridized carbons (Fsp3) is 0.667. The fourth-order valence-electron chi connectivity index (χ4n) is 3.69. The molecule has 2 rings (SSSR count). The predicted molar refractivity (Wildman–Crippen MR) is 135 cm³/mol. The SMILES string of the molecule is CCN(CC)C(C)CNC(=NC)NC1CCN(Cc2ccc(Br)cc2)CC1.I. The molecule has 0 radical (unpaired) electrons. The Labute approximate surface area is 196 Å². The normalized spacial score (nSPS) is 17.3. The van der Waals surface area contributed by atoms with Gasteiger partial charge in [0.2, 0.25) is 0 Å². The van der Waals surface area contributed by atoms with E-state index in [-0.39, 0.29) is 24.0 Å². The largest absolute Gasteiger partial charge is 0.355 e. The second kappa shape index (κ2) is 13.8. The Bertz CT molecular complexity index is 569. The molecular formula is C21H37BrIN5. The summed E-state index contributed by atoms with van der Waals surface area (Å²) < 4.78 is 1.14. The lowest BCUT2D eigenvalue weighted by molar-refractivity contribution is 0.198. The van der Waals surface area contributed by atoms with Crippen molar-refractivity contribution in [3.63, 3.8) is 0 Å². The van der Waals surface area contributed by atoms with Crippen LogP contribution in [0.15, 0.2) is 33.7 Å². The summed E-state index contributed by atoms with van der Waals surface area (Å²) in [7, 11) is 1.86. The maximum Gasteiger partial charge on any atom is 0.191 e. The van der Waals surface area contributed by atoms with E-state index in [2.05, 4.69) is 86.4 Å². The Hall–Kier alpha value is -0.380. The van der Waals surface area contributed by atoms with Gasteiger partial charge in [-0.15, -0.1) is 24.0 Å². The van der Waals surface area contributed by atoms with Crippen molar-refractivity contribution in [1.29, 1.82) is 0 Å². The van der Waals surface area contributed by atoms with E-state index in [0.717, 1.165) is 62.5 Å². The zero-order valence-electron chi connectivity index (χ0n) is 17.7. The molecule has 2 N–H and O–H groups in total. The highest BCUT2D eigenvalue weighted by molar-refractivity contribution is 14.0. The number of benzene rings is 1. The Morgan fingerprint density at radius 1 is 1.21 bits per heavy atom. The predicted octanol–water partition coefficient (Wildman–Crippen LogP) is 3.93. The van der Waals surface area contributed by atoms with Gasteiger partial charge in [-0.1, -0.05) is 41.9 Å². The van der Waals surface area contributed by atoms with Gasteiger partial charge in [-0.3, -0.25) is 14.8 Å². The highest BCUT2D eigenvalue weighted by atomic mass is 127. The van der Waals surface area contributed by atoms with Crippen LogP contribution in [-0.4, -0.2) is 67.6 Å². The van der Waals surface area contributed by atoms with E-state index < -0.39 is 0 Å². The van der Waals surface area contributed by atoms with Gasteiger partial charge >= 0.3 is 0 Å². The van der Waals surface area contributed by atoms with Gasteiger partial charge in [0.05, 0.1) is 0 Å². The quantitative estimate of drug-likeness (QED) is 0.285. The third kappa shape index (κ3) is 8.55. The van der Waals surface area contributed by atoms with E-state index in [1.165, 1.54) is 5.56 Å². The molecule has 0 aliphatic carbocycles. The summed E-state index contributed by atoms with van der Waals surface area (Å²) in [5.41, 5.74) is 1.38. The third-order valence-corrected chi connectivity index (χ3v) is 6.00. The lowest BCUT2D eigenvalue weighted by atomic mass is 10.0. The number of guanidine groups is 1. The summed E-state index contributed by atoms with van der Waals surface area (Å²) >= 11 is 3.50. The van der Waals surface area contributed by atoms with Crippen LogP contribution in [0.4, 0.5) is 0 Å². The van der Waals surface area contributed by atoms with Crippen LogP contribution in [0.25, 0.3) is 0 Å². The molecule has 1 aliphatic heterocycles. The molecule has 0 aromatic heterocycles. The van der Waals surface area contributed by atoms with Crippen molar-refractivity contribution in [1.82, 2.24) is 20.4 Å². The summed E-state index contributed by atoms with van der Waals surface area (Å²) in [4.78, 5) is 9.42. The second-order valence-corrected chi connectivity index (χ2v) is 8.26. The zero-order chi connectivity index (χ0) is 19.6. The van der Waals surface area contributed by atoms with Crippen LogP contribution in [0.5, 0.6) is 0 Å².